The fraction of sp³-hybridized carbons (Fsp3) is 0.273. The molecular weight excluding hydrogens is 278 g/mol. The average Bonchev–Trinajstić information content (AvgIpc) is 2.67. The van der Waals surface area contributed by atoms with Crippen molar-refractivity contribution in [1.29, 1.82) is 0 Å². The van der Waals surface area contributed by atoms with Crippen LogP contribution in [0.4, 0.5) is 8.78 Å². The van der Waals surface area contributed by atoms with Crippen molar-refractivity contribution < 1.29 is 23.0 Å². The lowest BCUT2D eigenvalue weighted by molar-refractivity contribution is -0.120. The van der Waals surface area contributed by atoms with Crippen molar-refractivity contribution >= 4 is 23.2 Å². The van der Waals surface area contributed by atoms with Crippen molar-refractivity contribution in [2.45, 2.75) is 12.7 Å². The molecule has 0 spiro atoms. The number of methoxy groups -OCH3 is 1. The molecule has 1 aromatic rings. The molecule has 0 aliphatic carbocycles. The number of ether oxygens (including phenoxy) is 2. The number of hydrogen-bond donors (Lipinski definition) is 2. The predicted octanol–water partition coefficient (Wildman–Crippen LogP) is 1.34. The van der Waals surface area contributed by atoms with Crippen molar-refractivity contribution in [2.75, 3.05) is 7.11 Å². The number of carbonyl (C=O) groups excluding carboxylic acids is 1. The van der Waals surface area contributed by atoms with Crippen molar-refractivity contribution in [3.8, 4) is 11.5 Å². The van der Waals surface area contributed by atoms with Gasteiger partial charge >= 0.3 is 6.61 Å². The van der Waals surface area contributed by atoms with Gasteiger partial charge in [-0.05, 0) is 29.9 Å². The van der Waals surface area contributed by atoms with Gasteiger partial charge in [-0.3, -0.25) is 4.79 Å². The second-order valence-electron chi connectivity index (χ2n) is 3.68. The Hall–Kier alpha value is -1.96. The number of carbonyl (C=O) groups is 1. The van der Waals surface area contributed by atoms with Crippen LogP contribution in [0, 0.1) is 0 Å². The fourth-order valence-electron chi connectivity index (χ4n) is 1.71. The molecule has 5 nitrogen and oxygen atoms in total. The van der Waals surface area contributed by atoms with E-state index in [1.165, 1.54) is 19.2 Å². The van der Waals surface area contributed by atoms with E-state index in [0.29, 0.717) is 5.56 Å². The maximum atomic E-state index is 12.3. The number of nitrogens with one attached hydrogen (secondary N) is 2. The van der Waals surface area contributed by atoms with E-state index in [4.69, 9.17) is 17.0 Å². The highest BCUT2D eigenvalue weighted by molar-refractivity contribution is 7.80. The molecule has 1 atom stereocenters. The third-order valence-corrected chi connectivity index (χ3v) is 2.73. The molecule has 0 radical (unpaired) electrons. The lowest BCUT2D eigenvalue weighted by Crippen LogP contribution is -2.21. The molecule has 102 valence electrons. The minimum Gasteiger partial charge on any atom is -0.493 e. The summed E-state index contributed by atoms with van der Waals surface area (Å²) >= 11 is 4.81. The minimum absolute atomic E-state index is 0.137. The van der Waals surface area contributed by atoms with Crippen LogP contribution in [0.3, 0.4) is 0 Å². The van der Waals surface area contributed by atoms with Crippen LogP contribution < -0.4 is 20.1 Å². The smallest absolute Gasteiger partial charge is 0.387 e. The molecule has 1 aliphatic heterocycles. The van der Waals surface area contributed by atoms with Gasteiger partial charge < -0.3 is 20.1 Å². The van der Waals surface area contributed by atoms with Gasteiger partial charge in [0.25, 0.3) is 5.91 Å². The third-order valence-electron chi connectivity index (χ3n) is 2.51. The molecule has 1 aromatic carbocycles. The minimum atomic E-state index is -2.98. The van der Waals surface area contributed by atoms with Gasteiger partial charge in [-0.15, -0.1) is 0 Å². The van der Waals surface area contributed by atoms with Gasteiger partial charge in [0.15, 0.2) is 16.6 Å². The van der Waals surface area contributed by atoms with E-state index >= 15 is 0 Å². The number of hydrogen-bond acceptors (Lipinski definition) is 4. The zero-order valence-corrected chi connectivity index (χ0v) is 10.6. The summed E-state index contributed by atoms with van der Waals surface area (Å²) in [4.78, 5) is 11.6. The summed E-state index contributed by atoms with van der Waals surface area (Å²) in [5, 5.41) is 5.34. The van der Waals surface area contributed by atoms with Gasteiger partial charge in [-0.1, -0.05) is 6.07 Å². The van der Waals surface area contributed by atoms with Gasteiger partial charge in [0.2, 0.25) is 0 Å². The summed E-state index contributed by atoms with van der Waals surface area (Å²) < 4.78 is 33.8. The highest BCUT2D eigenvalue weighted by Gasteiger charge is 2.29. The Morgan fingerprint density at radius 2 is 2.11 bits per heavy atom. The molecule has 8 heteroatoms. The number of thiocarbonyl (C=S) groups is 1. The molecule has 19 heavy (non-hydrogen) atoms. The third kappa shape index (κ3) is 2.90. The molecule has 2 N–H and O–H groups in total. The Kier molecular flexibility index (Phi) is 3.79. The van der Waals surface area contributed by atoms with Crippen LogP contribution in [-0.4, -0.2) is 24.7 Å². The van der Waals surface area contributed by atoms with Crippen LogP contribution in [0.1, 0.15) is 11.6 Å². The van der Waals surface area contributed by atoms with Gasteiger partial charge in [0.05, 0.1) is 7.11 Å². The van der Waals surface area contributed by atoms with E-state index in [1.54, 1.807) is 6.07 Å². The van der Waals surface area contributed by atoms with E-state index in [9.17, 15) is 13.6 Å². The lowest BCUT2D eigenvalue weighted by atomic mass is 10.1. The van der Waals surface area contributed by atoms with E-state index in [1.807, 2.05) is 0 Å². The van der Waals surface area contributed by atoms with Crippen LogP contribution in [0.25, 0.3) is 0 Å². The highest BCUT2D eigenvalue weighted by atomic mass is 32.1. The number of benzene rings is 1. The Labute approximate surface area is 112 Å². The predicted molar refractivity (Wildman–Crippen MR) is 66.2 cm³/mol. The number of alkyl halides is 2. The summed E-state index contributed by atoms with van der Waals surface area (Å²) in [6.45, 7) is -2.98. The molecule has 0 aromatic heterocycles. The SMILES string of the molecule is COc1ccc(C2NC(=S)NC2=O)cc1OC(F)F. The fourth-order valence-corrected chi connectivity index (χ4v) is 1.93. The molecule has 1 heterocycles. The summed E-state index contributed by atoms with van der Waals surface area (Å²) in [6.07, 6.45) is 0. The summed E-state index contributed by atoms with van der Waals surface area (Å²) in [5.74, 6) is -0.328. The van der Waals surface area contributed by atoms with Crippen LogP contribution >= 0.6 is 12.2 Å². The van der Waals surface area contributed by atoms with Gasteiger partial charge in [-0.25, -0.2) is 0 Å². The van der Waals surface area contributed by atoms with Crippen molar-refractivity contribution in [3.05, 3.63) is 23.8 Å². The molecule has 1 unspecified atom stereocenters. The second kappa shape index (κ2) is 5.35. The Bertz CT molecular complexity index is 525. The number of amides is 1. The van der Waals surface area contributed by atoms with Crippen molar-refractivity contribution in [1.82, 2.24) is 10.6 Å². The zero-order valence-electron chi connectivity index (χ0n) is 9.78. The largest absolute Gasteiger partial charge is 0.493 e. The van der Waals surface area contributed by atoms with Crippen LogP contribution in [0.2, 0.25) is 0 Å². The van der Waals surface area contributed by atoms with E-state index in [0.717, 1.165) is 0 Å². The lowest BCUT2D eigenvalue weighted by Gasteiger charge is -2.13. The van der Waals surface area contributed by atoms with Crippen molar-refractivity contribution in [2.24, 2.45) is 0 Å². The maximum absolute atomic E-state index is 12.3. The summed E-state index contributed by atoms with van der Waals surface area (Å²) in [5.41, 5.74) is 0.453. The van der Waals surface area contributed by atoms with E-state index in [2.05, 4.69) is 15.4 Å². The van der Waals surface area contributed by atoms with Gasteiger partial charge in [0.1, 0.15) is 6.04 Å². The monoisotopic (exact) mass is 288 g/mol. The molecular formula is C11H10F2N2O3S. The average molecular weight is 288 g/mol. The maximum Gasteiger partial charge on any atom is 0.387 e. The molecule has 0 saturated carbocycles. The standard InChI is InChI=1S/C11H10F2N2O3S/c1-17-6-3-2-5(4-7(6)18-10(12)13)8-9(16)15-11(19)14-8/h2-4,8,10H,1H3,(H2,14,15,16,19). The van der Waals surface area contributed by atoms with Crippen molar-refractivity contribution in [3.63, 3.8) is 0 Å². The molecule has 1 aliphatic rings. The topological polar surface area (TPSA) is 59.6 Å². The number of rotatable bonds is 4. The Morgan fingerprint density at radius 1 is 1.37 bits per heavy atom. The zero-order chi connectivity index (χ0) is 14.0. The molecule has 0 bridgehead atoms. The summed E-state index contributed by atoms with van der Waals surface area (Å²) in [7, 11) is 1.34. The van der Waals surface area contributed by atoms with E-state index in [-0.39, 0.29) is 22.5 Å². The first-order chi connectivity index (χ1) is 9.01. The first-order valence-electron chi connectivity index (χ1n) is 5.25. The van der Waals surface area contributed by atoms with Gasteiger partial charge in [0, 0.05) is 0 Å². The normalized spacial score (nSPS) is 18.2. The van der Waals surface area contributed by atoms with Crippen LogP contribution in [0.15, 0.2) is 18.2 Å². The quantitative estimate of drug-likeness (QED) is 0.819. The van der Waals surface area contributed by atoms with E-state index < -0.39 is 12.7 Å². The first kappa shape index (κ1) is 13.5. The number of halogens is 2. The highest BCUT2D eigenvalue weighted by Crippen LogP contribution is 2.32. The summed E-state index contributed by atoms with van der Waals surface area (Å²) in [6, 6.07) is 3.61. The first-order valence-corrected chi connectivity index (χ1v) is 5.66. The molecule has 1 saturated heterocycles. The van der Waals surface area contributed by atoms with Crippen LogP contribution in [0.5, 0.6) is 11.5 Å². The Morgan fingerprint density at radius 3 is 2.63 bits per heavy atom. The Balaban J connectivity index is 2.32. The molecule has 1 fully saturated rings. The molecule has 1 amide bonds. The van der Waals surface area contributed by atoms with Crippen LogP contribution in [-0.2, 0) is 4.79 Å². The van der Waals surface area contributed by atoms with Gasteiger partial charge in [-0.2, -0.15) is 8.78 Å². The second-order valence-corrected chi connectivity index (χ2v) is 4.09. The molecule has 2 rings (SSSR count).